The second-order valence-corrected chi connectivity index (χ2v) is 6.55. The number of benzene rings is 3. The van der Waals surface area contributed by atoms with Gasteiger partial charge in [-0.1, -0.05) is 42.5 Å². The molecule has 0 saturated carbocycles. The minimum Gasteiger partial charge on any atom is -0.488 e. The lowest BCUT2D eigenvalue weighted by Crippen LogP contribution is -2.01. The number of nitro groups is 1. The van der Waals surface area contributed by atoms with E-state index in [0.717, 1.165) is 21.3 Å². The van der Waals surface area contributed by atoms with E-state index in [1.165, 1.54) is 12.1 Å². The van der Waals surface area contributed by atoms with Gasteiger partial charge in [-0.2, -0.15) is 0 Å². The maximum Gasteiger partial charge on any atom is 0.271 e. The van der Waals surface area contributed by atoms with Crippen LogP contribution in [0.1, 0.15) is 11.1 Å². The Bertz CT molecular complexity index is 901. The van der Waals surface area contributed by atoms with Gasteiger partial charge in [0, 0.05) is 24.4 Å². The third kappa shape index (κ3) is 4.83. The third-order valence-electron chi connectivity index (χ3n) is 3.79. The Kier molecular flexibility index (Phi) is 5.86. The van der Waals surface area contributed by atoms with Crippen LogP contribution in [0.2, 0.25) is 0 Å². The van der Waals surface area contributed by atoms with E-state index in [2.05, 4.69) is 21.2 Å². The molecule has 0 bridgehead atoms. The molecule has 3 rings (SSSR count). The first-order valence-electron chi connectivity index (χ1n) is 8.05. The van der Waals surface area contributed by atoms with Crippen molar-refractivity contribution in [1.82, 2.24) is 0 Å². The first-order valence-corrected chi connectivity index (χ1v) is 8.84. The number of non-ortho nitro benzene ring substituents is 1. The van der Waals surface area contributed by atoms with Gasteiger partial charge in [0.05, 0.1) is 9.40 Å². The van der Waals surface area contributed by atoms with Crippen LogP contribution in [0.4, 0.5) is 11.4 Å². The van der Waals surface area contributed by atoms with E-state index in [4.69, 9.17) is 4.74 Å². The van der Waals surface area contributed by atoms with Crippen LogP contribution in [0.25, 0.3) is 0 Å². The molecule has 0 heterocycles. The summed E-state index contributed by atoms with van der Waals surface area (Å²) in [7, 11) is 0. The van der Waals surface area contributed by atoms with Gasteiger partial charge in [0.25, 0.3) is 5.69 Å². The molecule has 0 saturated heterocycles. The fraction of sp³-hybridized carbons (Fsp3) is 0.100. The number of ether oxygens (including phenoxy) is 1. The Hall–Kier alpha value is -2.86. The molecule has 0 aromatic heterocycles. The number of hydrogen-bond donors (Lipinski definition) is 1. The van der Waals surface area contributed by atoms with E-state index in [-0.39, 0.29) is 5.69 Å². The standard InChI is InChI=1S/C20H17BrN2O3/c21-19-11-16(13-22-17-7-4-8-18(12-17)23(24)25)9-10-20(19)26-14-15-5-2-1-3-6-15/h1-12,22H,13-14H2. The fourth-order valence-corrected chi connectivity index (χ4v) is 2.98. The normalized spacial score (nSPS) is 10.3. The minimum atomic E-state index is -0.402. The summed E-state index contributed by atoms with van der Waals surface area (Å²) in [6.45, 7) is 1.06. The van der Waals surface area contributed by atoms with Crippen LogP contribution in [0.3, 0.4) is 0 Å². The number of hydrogen-bond acceptors (Lipinski definition) is 4. The highest BCUT2D eigenvalue weighted by atomic mass is 79.9. The highest BCUT2D eigenvalue weighted by Gasteiger charge is 2.07. The maximum absolute atomic E-state index is 10.8. The molecular weight excluding hydrogens is 396 g/mol. The minimum absolute atomic E-state index is 0.0702. The van der Waals surface area contributed by atoms with Gasteiger partial charge in [-0.25, -0.2) is 0 Å². The predicted octanol–water partition coefficient (Wildman–Crippen LogP) is 5.55. The smallest absolute Gasteiger partial charge is 0.271 e. The molecular formula is C20H17BrN2O3. The molecule has 3 aromatic rings. The Morgan fingerprint density at radius 2 is 1.77 bits per heavy atom. The Morgan fingerprint density at radius 3 is 2.50 bits per heavy atom. The van der Waals surface area contributed by atoms with Gasteiger partial charge in [0.1, 0.15) is 12.4 Å². The molecule has 3 aromatic carbocycles. The lowest BCUT2D eigenvalue weighted by atomic mass is 10.2. The van der Waals surface area contributed by atoms with Crippen LogP contribution >= 0.6 is 15.9 Å². The zero-order valence-corrected chi connectivity index (χ0v) is 15.5. The number of nitrogens with one attached hydrogen (secondary N) is 1. The summed E-state index contributed by atoms with van der Waals surface area (Å²) >= 11 is 3.54. The molecule has 0 unspecified atom stereocenters. The van der Waals surface area contributed by atoms with Crippen molar-refractivity contribution in [3.63, 3.8) is 0 Å². The lowest BCUT2D eigenvalue weighted by Gasteiger charge is -2.11. The van der Waals surface area contributed by atoms with Crippen LogP contribution in [0.15, 0.2) is 77.3 Å². The maximum atomic E-state index is 10.8. The van der Waals surface area contributed by atoms with E-state index >= 15 is 0 Å². The van der Waals surface area contributed by atoms with Crippen molar-refractivity contribution < 1.29 is 9.66 Å². The van der Waals surface area contributed by atoms with Crippen molar-refractivity contribution in [2.45, 2.75) is 13.2 Å². The largest absolute Gasteiger partial charge is 0.488 e. The summed E-state index contributed by atoms with van der Waals surface area (Å²) in [5.41, 5.74) is 2.92. The summed E-state index contributed by atoms with van der Waals surface area (Å²) in [6.07, 6.45) is 0. The molecule has 26 heavy (non-hydrogen) atoms. The third-order valence-corrected chi connectivity index (χ3v) is 4.41. The zero-order valence-electron chi connectivity index (χ0n) is 13.9. The summed E-state index contributed by atoms with van der Waals surface area (Å²) in [4.78, 5) is 10.4. The van der Waals surface area contributed by atoms with Gasteiger partial charge < -0.3 is 10.1 Å². The number of nitro benzene ring substituents is 1. The van der Waals surface area contributed by atoms with Gasteiger partial charge in [0.15, 0.2) is 0 Å². The molecule has 132 valence electrons. The van der Waals surface area contributed by atoms with Crippen molar-refractivity contribution in [1.29, 1.82) is 0 Å². The average molecular weight is 413 g/mol. The van der Waals surface area contributed by atoms with Gasteiger partial charge in [-0.05, 0) is 45.3 Å². The van der Waals surface area contributed by atoms with Crippen LogP contribution < -0.4 is 10.1 Å². The van der Waals surface area contributed by atoms with Crippen LogP contribution in [0, 0.1) is 10.1 Å². The van der Waals surface area contributed by atoms with Gasteiger partial charge in [-0.15, -0.1) is 0 Å². The highest BCUT2D eigenvalue weighted by Crippen LogP contribution is 2.27. The van der Waals surface area contributed by atoms with Crippen molar-refractivity contribution in [3.8, 4) is 5.75 Å². The summed E-state index contributed by atoms with van der Waals surface area (Å²) in [5, 5.41) is 14.0. The average Bonchev–Trinajstić information content (AvgIpc) is 2.66. The van der Waals surface area contributed by atoms with Crippen LogP contribution in [-0.2, 0) is 13.2 Å². The predicted molar refractivity (Wildman–Crippen MR) is 105 cm³/mol. The lowest BCUT2D eigenvalue weighted by molar-refractivity contribution is -0.384. The summed E-state index contributed by atoms with van der Waals surface area (Å²) < 4.78 is 6.71. The SMILES string of the molecule is O=[N+]([O-])c1cccc(NCc2ccc(OCc3ccccc3)c(Br)c2)c1. The molecule has 0 aliphatic carbocycles. The Balaban J connectivity index is 1.60. The molecule has 0 atom stereocenters. The molecule has 0 radical (unpaired) electrons. The van der Waals surface area contributed by atoms with E-state index in [1.807, 2.05) is 48.5 Å². The number of anilines is 1. The van der Waals surface area contributed by atoms with Crippen molar-refractivity contribution in [2.24, 2.45) is 0 Å². The molecule has 1 N–H and O–H groups in total. The molecule has 6 heteroatoms. The van der Waals surface area contributed by atoms with Crippen molar-refractivity contribution in [2.75, 3.05) is 5.32 Å². The molecule has 0 fully saturated rings. The van der Waals surface area contributed by atoms with Crippen molar-refractivity contribution >= 4 is 27.3 Å². The topological polar surface area (TPSA) is 64.4 Å². The Labute approximate surface area is 159 Å². The monoisotopic (exact) mass is 412 g/mol. The molecule has 5 nitrogen and oxygen atoms in total. The summed E-state index contributed by atoms with van der Waals surface area (Å²) in [6, 6.07) is 22.3. The number of rotatable bonds is 7. The van der Waals surface area contributed by atoms with Crippen LogP contribution in [-0.4, -0.2) is 4.92 Å². The van der Waals surface area contributed by atoms with Crippen LogP contribution in [0.5, 0.6) is 5.75 Å². The molecule has 0 amide bonds. The van der Waals surface area contributed by atoms with E-state index in [9.17, 15) is 10.1 Å². The first kappa shape index (κ1) is 17.9. The van der Waals surface area contributed by atoms with E-state index < -0.39 is 4.92 Å². The van der Waals surface area contributed by atoms with Crippen molar-refractivity contribution in [3.05, 3.63) is 98.5 Å². The highest BCUT2D eigenvalue weighted by molar-refractivity contribution is 9.10. The second-order valence-electron chi connectivity index (χ2n) is 5.70. The van der Waals surface area contributed by atoms with Gasteiger partial charge in [0.2, 0.25) is 0 Å². The summed E-state index contributed by atoms with van der Waals surface area (Å²) in [5.74, 6) is 0.771. The Morgan fingerprint density at radius 1 is 0.962 bits per heavy atom. The van der Waals surface area contributed by atoms with Gasteiger partial charge in [-0.3, -0.25) is 10.1 Å². The number of halogens is 1. The number of nitrogens with zero attached hydrogens (tertiary/aromatic N) is 1. The van der Waals surface area contributed by atoms with Gasteiger partial charge >= 0.3 is 0 Å². The quantitative estimate of drug-likeness (QED) is 0.408. The zero-order chi connectivity index (χ0) is 18.4. The molecule has 0 aliphatic rings. The first-order chi connectivity index (χ1) is 12.6. The van der Waals surface area contributed by atoms with E-state index in [0.29, 0.717) is 18.8 Å². The second kappa shape index (κ2) is 8.49. The molecule has 0 spiro atoms. The molecule has 0 aliphatic heterocycles. The van der Waals surface area contributed by atoms with E-state index in [1.54, 1.807) is 12.1 Å². The fourth-order valence-electron chi connectivity index (χ4n) is 2.44.